The normalized spacial score (nSPS) is 11.2. The van der Waals surface area contributed by atoms with Crippen molar-refractivity contribution in [3.63, 3.8) is 0 Å². The molecule has 0 aliphatic rings. The summed E-state index contributed by atoms with van der Waals surface area (Å²) in [4.78, 5) is 17.0. The highest BCUT2D eigenvalue weighted by molar-refractivity contribution is 7.99. The van der Waals surface area contributed by atoms with Crippen LogP contribution in [0.5, 0.6) is 0 Å². The van der Waals surface area contributed by atoms with Crippen LogP contribution in [0.15, 0.2) is 47.6 Å². The molecule has 7 nitrogen and oxygen atoms in total. The first-order chi connectivity index (χ1) is 14.9. The topological polar surface area (TPSA) is 77.6 Å². The maximum Gasteiger partial charge on any atom is 0.230 e. The number of carbonyl (C=O) groups excluding carboxylic acids is 1. The van der Waals surface area contributed by atoms with E-state index in [9.17, 15) is 4.79 Å². The van der Waals surface area contributed by atoms with Gasteiger partial charge in [0.2, 0.25) is 5.91 Å². The molecule has 160 valence electrons. The van der Waals surface area contributed by atoms with E-state index in [2.05, 4.69) is 63.2 Å². The van der Waals surface area contributed by atoms with Crippen LogP contribution in [0.4, 0.5) is 0 Å². The van der Waals surface area contributed by atoms with E-state index in [1.807, 2.05) is 36.6 Å². The predicted molar refractivity (Wildman–Crippen MR) is 124 cm³/mol. The van der Waals surface area contributed by atoms with Gasteiger partial charge in [-0.2, -0.15) is 0 Å². The number of amides is 1. The van der Waals surface area contributed by atoms with Crippen molar-refractivity contribution in [3.05, 3.63) is 65.2 Å². The summed E-state index contributed by atoms with van der Waals surface area (Å²) in [5.74, 6) is 2.01. The second kappa shape index (κ2) is 8.93. The van der Waals surface area contributed by atoms with E-state index in [0.717, 1.165) is 39.1 Å². The number of benzene rings is 2. The van der Waals surface area contributed by atoms with Gasteiger partial charge in [0.1, 0.15) is 11.6 Å². The predicted octanol–water partition coefficient (Wildman–Crippen LogP) is 3.76. The van der Waals surface area contributed by atoms with E-state index in [4.69, 9.17) is 0 Å². The summed E-state index contributed by atoms with van der Waals surface area (Å²) in [6.07, 6.45) is 0. The number of rotatable bonds is 7. The molecule has 31 heavy (non-hydrogen) atoms. The second-order valence-corrected chi connectivity index (χ2v) is 8.54. The Labute approximate surface area is 185 Å². The quantitative estimate of drug-likeness (QED) is 0.448. The Balaban J connectivity index is 1.38. The van der Waals surface area contributed by atoms with E-state index in [1.165, 1.54) is 17.3 Å². The van der Waals surface area contributed by atoms with Crippen molar-refractivity contribution in [2.24, 2.45) is 0 Å². The SMILES string of the molecule is Cc1ccc(C)c(-n2c(C)nnc2SCC(=O)NCCn2c(C)nc3ccccc32)c1. The average molecular weight is 435 g/mol. The van der Waals surface area contributed by atoms with E-state index >= 15 is 0 Å². The van der Waals surface area contributed by atoms with Gasteiger partial charge in [0, 0.05) is 13.1 Å². The molecular weight excluding hydrogens is 408 g/mol. The Hall–Kier alpha value is -3.13. The zero-order valence-corrected chi connectivity index (χ0v) is 19.0. The van der Waals surface area contributed by atoms with Gasteiger partial charge < -0.3 is 9.88 Å². The monoisotopic (exact) mass is 434 g/mol. The van der Waals surface area contributed by atoms with Gasteiger partial charge in [0.05, 0.1) is 22.5 Å². The van der Waals surface area contributed by atoms with Crippen molar-refractivity contribution >= 4 is 28.7 Å². The molecule has 0 atom stereocenters. The van der Waals surface area contributed by atoms with Crippen LogP contribution in [0.1, 0.15) is 22.8 Å². The molecule has 2 aromatic heterocycles. The van der Waals surface area contributed by atoms with Gasteiger partial charge in [-0.15, -0.1) is 10.2 Å². The molecule has 0 spiro atoms. The molecule has 0 bridgehead atoms. The van der Waals surface area contributed by atoms with Crippen LogP contribution in [-0.2, 0) is 11.3 Å². The first-order valence-electron chi connectivity index (χ1n) is 10.2. The van der Waals surface area contributed by atoms with Crippen molar-refractivity contribution in [1.29, 1.82) is 0 Å². The zero-order chi connectivity index (χ0) is 22.0. The van der Waals surface area contributed by atoms with Crippen LogP contribution in [0.25, 0.3) is 16.7 Å². The standard InChI is InChI=1S/C23H26N6OS/c1-15-9-10-16(2)21(13-15)29-18(4)26-27-23(29)31-14-22(30)24-11-12-28-17(3)25-19-7-5-6-8-20(19)28/h5-10,13H,11-12,14H2,1-4H3,(H,24,30). The molecule has 2 heterocycles. The number of hydrogen-bond donors (Lipinski definition) is 1. The van der Waals surface area contributed by atoms with Crippen molar-refractivity contribution in [2.45, 2.75) is 39.4 Å². The summed E-state index contributed by atoms with van der Waals surface area (Å²) < 4.78 is 4.14. The molecule has 0 aliphatic heterocycles. The number of thioether (sulfide) groups is 1. The summed E-state index contributed by atoms with van der Waals surface area (Å²) in [6, 6.07) is 14.3. The van der Waals surface area contributed by atoms with Gasteiger partial charge in [0.15, 0.2) is 5.16 Å². The average Bonchev–Trinajstić information content (AvgIpc) is 3.27. The number of aryl methyl sites for hydroxylation is 4. The summed E-state index contributed by atoms with van der Waals surface area (Å²) in [7, 11) is 0. The number of nitrogens with zero attached hydrogens (tertiary/aromatic N) is 5. The highest BCUT2D eigenvalue weighted by Crippen LogP contribution is 2.24. The van der Waals surface area contributed by atoms with Crippen LogP contribution >= 0.6 is 11.8 Å². The largest absolute Gasteiger partial charge is 0.354 e. The fourth-order valence-corrected chi connectivity index (χ4v) is 4.46. The van der Waals surface area contributed by atoms with E-state index < -0.39 is 0 Å². The molecule has 0 saturated carbocycles. The van der Waals surface area contributed by atoms with Crippen LogP contribution in [0, 0.1) is 27.7 Å². The highest BCUT2D eigenvalue weighted by Gasteiger charge is 2.15. The number of carbonyl (C=O) groups is 1. The van der Waals surface area contributed by atoms with Crippen molar-refractivity contribution in [1.82, 2.24) is 29.6 Å². The van der Waals surface area contributed by atoms with Crippen LogP contribution in [0.3, 0.4) is 0 Å². The molecular formula is C23H26N6OS. The summed E-state index contributed by atoms with van der Waals surface area (Å²) in [5, 5.41) is 12.2. The van der Waals surface area contributed by atoms with Crippen LogP contribution in [0.2, 0.25) is 0 Å². The minimum atomic E-state index is -0.0276. The summed E-state index contributed by atoms with van der Waals surface area (Å²) >= 11 is 1.40. The third-order valence-electron chi connectivity index (χ3n) is 5.24. The molecule has 8 heteroatoms. The number of nitrogens with one attached hydrogen (secondary N) is 1. The molecule has 4 rings (SSSR count). The Morgan fingerprint density at radius 3 is 2.68 bits per heavy atom. The van der Waals surface area contributed by atoms with Crippen molar-refractivity contribution < 1.29 is 4.79 Å². The first-order valence-corrected chi connectivity index (χ1v) is 11.2. The Kier molecular flexibility index (Phi) is 6.08. The van der Waals surface area contributed by atoms with Crippen molar-refractivity contribution in [2.75, 3.05) is 12.3 Å². The second-order valence-electron chi connectivity index (χ2n) is 7.59. The minimum absolute atomic E-state index is 0.0276. The number of fused-ring (bicyclic) bond motifs is 1. The van der Waals surface area contributed by atoms with Gasteiger partial charge >= 0.3 is 0 Å². The number of aromatic nitrogens is 5. The van der Waals surface area contributed by atoms with Gasteiger partial charge in [-0.25, -0.2) is 4.98 Å². The Bertz CT molecular complexity index is 1240. The lowest BCUT2D eigenvalue weighted by Crippen LogP contribution is -2.29. The first kappa shape index (κ1) is 21.1. The summed E-state index contributed by atoms with van der Waals surface area (Å²) in [6.45, 7) is 9.27. The molecule has 0 saturated heterocycles. The van der Waals surface area contributed by atoms with E-state index in [0.29, 0.717) is 13.1 Å². The molecule has 0 unspecified atom stereocenters. The molecule has 2 aromatic carbocycles. The Morgan fingerprint density at radius 2 is 1.84 bits per heavy atom. The third kappa shape index (κ3) is 4.49. The van der Waals surface area contributed by atoms with Crippen LogP contribution < -0.4 is 5.32 Å². The maximum atomic E-state index is 12.5. The smallest absolute Gasteiger partial charge is 0.230 e. The number of hydrogen-bond acceptors (Lipinski definition) is 5. The maximum absolute atomic E-state index is 12.5. The lowest BCUT2D eigenvalue weighted by Gasteiger charge is -2.12. The third-order valence-corrected chi connectivity index (χ3v) is 6.17. The fourth-order valence-electron chi connectivity index (χ4n) is 3.64. The minimum Gasteiger partial charge on any atom is -0.354 e. The molecule has 1 amide bonds. The van der Waals surface area contributed by atoms with E-state index in [1.54, 1.807) is 0 Å². The van der Waals surface area contributed by atoms with Crippen molar-refractivity contribution in [3.8, 4) is 5.69 Å². The molecule has 0 radical (unpaired) electrons. The summed E-state index contributed by atoms with van der Waals surface area (Å²) in [5.41, 5.74) is 5.42. The van der Waals surface area contributed by atoms with Gasteiger partial charge in [0.25, 0.3) is 0 Å². The fraction of sp³-hybridized carbons (Fsp3) is 0.304. The molecule has 0 fully saturated rings. The zero-order valence-electron chi connectivity index (χ0n) is 18.2. The molecule has 1 N–H and O–H groups in total. The van der Waals surface area contributed by atoms with E-state index in [-0.39, 0.29) is 11.7 Å². The number of imidazole rings is 1. The molecule has 4 aromatic rings. The van der Waals surface area contributed by atoms with Gasteiger partial charge in [-0.3, -0.25) is 9.36 Å². The van der Waals surface area contributed by atoms with Gasteiger partial charge in [-0.1, -0.05) is 36.0 Å². The molecule has 0 aliphatic carbocycles. The lowest BCUT2D eigenvalue weighted by atomic mass is 10.1. The van der Waals surface area contributed by atoms with Crippen LogP contribution in [-0.4, -0.2) is 42.5 Å². The Morgan fingerprint density at radius 1 is 1.03 bits per heavy atom. The highest BCUT2D eigenvalue weighted by atomic mass is 32.2. The lowest BCUT2D eigenvalue weighted by molar-refractivity contribution is -0.118. The number of para-hydroxylation sites is 2. The van der Waals surface area contributed by atoms with Gasteiger partial charge in [-0.05, 0) is 57.0 Å².